The van der Waals surface area contributed by atoms with Gasteiger partial charge in [0.2, 0.25) is 0 Å². The number of hydrogen-bond donors (Lipinski definition) is 1. The summed E-state index contributed by atoms with van der Waals surface area (Å²) in [6.07, 6.45) is -0.516. The number of benzene rings is 2. The predicted molar refractivity (Wildman–Crippen MR) is 86.7 cm³/mol. The van der Waals surface area contributed by atoms with Crippen LogP contribution >= 0.6 is 0 Å². The van der Waals surface area contributed by atoms with Crippen LogP contribution in [0.5, 0.6) is 0 Å². The highest BCUT2D eigenvalue weighted by Crippen LogP contribution is 2.25. The van der Waals surface area contributed by atoms with E-state index in [-0.39, 0.29) is 11.6 Å². The molecule has 2 rings (SSSR count). The third kappa shape index (κ3) is 3.72. The summed E-state index contributed by atoms with van der Waals surface area (Å²) in [4.78, 5) is 35.3. The molecule has 0 bridgehead atoms. The lowest BCUT2D eigenvalue weighted by Gasteiger charge is -2.15. The highest BCUT2D eigenvalue weighted by molar-refractivity contribution is 6.10. The van der Waals surface area contributed by atoms with Crippen LogP contribution in [0.3, 0.4) is 0 Å². The van der Waals surface area contributed by atoms with Crippen molar-refractivity contribution >= 4 is 17.5 Å². The number of Topliss-reactive ketones (excluding diaryl/α,β-unsaturated/α-hetero) is 1. The lowest BCUT2D eigenvalue weighted by molar-refractivity contribution is -0.140. The fourth-order valence-electron chi connectivity index (χ4n) is 2.59. The summed E-state index contributed by atoms with van der Waals surface area (Å²) in [6, 6.07) is 14.1. The maximum atomic E-state index is 12.6. The number of carbonyl (C=O) groups excluding carboxylic acids is 2. The van der Waals surface area contributed by atoms with Gasteiger partial charge in [-0.05, 0) is 18.1 Å². The summed E-state index contributed by atoms with van der Waals surface area (Å²) in [5.74, 6) is -2.18. The Hall–Kier alpha value is -2.75. The van der Waals surface area contributed by atoms with E-state index < -0.39 is 18.3 Å². The van der Waals surface area contributed by atoms with Crippen LogP contribution in [0.2, 0.25) is 0 Å². The SMILES string of the molecule is Cc1c(C(=O)c2ccccc2)cccc1[C@@H](C)C(=O)CC(=O)O. The minimum absolute atomic E-state index is 0.108. The minimum Gasteiger partial charge on any atom is -0.481 e. The lowest BCUT2D eigenvalue weighted by atomic mass is 9.87. The van der Waals surface area contributed by atoms with E-state index in [9.17, 15) is 14.4 Å². The molecule has 2 aromatic rings. The van der Waals surface area contributed by atoms with Gasteiger partial charge >= 0.3 is 5.97 Å². The first-order valence-electron chi connectivity index (χ1n) is 7.35. The van der Waals surface area contributed by atoms with Crippen molar-refractivity contribution in [3.63, 3.8) is 0 Å². The van der Waals surface area contributed by atoms with Gasteiger partial charge in [0, 0.05) is 17.0 Å². The molecule has 0 amide bonds. The quantitative estimate of drug-likeness (QED) is 0.656. The Labute approximate surface area is 134 Å². The smallest absolute Gasteiger partial charge is 0.310 e. The molecule has 4 heteroatoms. The van der Waals surface area contributed by atoms with Gasteiger partial charge in [-0.2, -0.15) is 0 Å². The van der Waals surface area contributed by atoms with Crippen LogP contribution in [-0.2, 0) is 9.59 Å². The zero-order valence-corrected chi connectivity index (χ0v) is 13.1. The Bertz CT molecular complexity index is 747. The number of ketones is 2. The van der Waals surface area contributed by atoms with Crippen molar-refractivity contribution in [3.8, 4) is 0 Å². The van der Waals surface area contributed by atoms with E-state index >= 15 is 0 Å². The second-order valence-corrected chi connectivity index (χ2v) is 5.47. The zero-order valence-electron chi connectivity index (χ0n) is 13.1. The van der Waals surface area contributed by atoms with Gasteiger partial charge in [-0.15, -0.1) is 0 Å². The molecule has 0 heterocycles. The molecule has 0 spiro atoms. The lowest BCUT2D eigenvalue weighted by Crippen LogP contribution is -2.16. The Morgan fingerprint density at radius 2 is 1.65 bits per heavy atom. The van der Waals surface area contributed by atoms with Gasteiger partial charge in [-0.1, -0.05) is 55.5 Å². The number of carboxylic acid groups (broad SMARTS) is 1. The molecule has 0 aliphatic rings. The number of aliphatic carboxylic acids is 1. The number of carbonyl (C=O) groups is 3. The van der Waals surface area contributed by atoms with E-state index in [0.717, 1.165) is 0 Å². The van der Waals surface area contributed by atoms with Crippen molar-refractivity contribution in [3.05, 3.63) is 70.8 Å². The minimum atomic E-state index is -1.14. The van der Waals surface area contributed by atoms with Crippen molar-refractivity contribution in [1.29, 1.82) is 0 Å². The first-order valence-corrected chi connectivity index (χ1v) is 7.35. The average Bonchev–Trinajstić information content (AvgIpc) is 2.54. The average molecular weight is 310 g/mol. The maximum Gasteiger partial charge on any atom is 0.310 e. The van der Waals surface area contributed by atoms with E-state index in [1.54, 1.807) is 56.3 Å². The molecule has 0 aliphatic heterocycles. The van der Waals surface area contributed by atoms with Gasteiger partial charge < -0.3 is 5.11 Å². The summed E-state index contributed by atoms with van der Waals surface area (Å²) in [7, 11) is 0. The van der Waals surface area contributed by atoms with E-state index in [1.807, 2.05) is 6.07 Å². The molecule has 1 N–H and O–H groups in total. The Kier molecular flexibility index (Phi) is 5.06. The molecular weight excluding hydrogens is 292 g/mol. The van der Waals surface area contributed by atoms with Gasteiger partial charge in [-0.25, -0.2) is 0 Å². The molecule has 0 aromatic heterocycles. The standard InChI is InChI=1S/C19H18O4/c1-12-15(13(2)17(20)11-18(21)22)9-6-10-16(12)19(23)14-7-4-3-5-8-14/h3-10,13H,11H2,1-2H3,(H,21,22)/t13-/m1/s1. The second kappa shape index (κ2) is 7.01. The Balaban J connectivity index is 2.37. The number of hydrogen-bond acceptors (Lipinski definition) is 3. The normalized spacial score (nSPS) is 11.7. The van der Waals surface area contributed by atoms with Gasteiger partial charge in [0.05, 0.1) is 0 Å². The summed E-state index contributed by atoms with van der Waals surface area (Å²) >= 11 is 0. The molecule has 0 fully saturated rings. The highest BCUT2D eigenvalue weighted by Gasteiger charge is 2.22. The Morgan fingerprint density at radius 3 is 2.26 bits per heavy atom. The van der Waals surface area contributed by atoms with E-state index in [4.69, 9.17) is 5.11 Å². The first kappa shape index (κ1) is 16.6. The molecule has 1 atom stereocenters. The monoisotopic (exact) mass is 310 g/mol. The molecule has 0 unspecified atom stereocenters. The third-order valence-electron chi connectivity index (χ3n) is 3.93. The molecule has 2 aromatic carbocycles. The molecule has 0 aliphatic carbocycles. The largest absolute Gasteiger partial charge is 0.481 e. The van der Waals surface area contributed by atoms with Gasteiger partial charge in [0.1, 0.15) is 6.42 Å². The van der Waals surface area contributed by atoms with Crippen LogP contribution in [0.25, 0.3) is 0 Å². The van der Waals surface area contributed by atoms with Crippen molar-refractivity contribution < 1.29 is 19.5 Å². The van der Waals surface area contributed by atoms with Crippen molar-refractivity contribution in [2.75, 3.05) is 0 Å². The summed E-state index contributed by atoms with van der Waals surface area (Å²) in [6.45, 7) is 3.46. The molecule has 0 saturated carbocycles. The number of rotatable bonds is 6. The van der Waals surface area contributed by atoms with Gasteiger partial charge in [0.25, 0.3) is 0 Å². The molecule has 0 radical (unpaired) electrons. The van der Waals surface area contributed by atoms with Crippen LogP contribution in [0.15, 0.2) is 48.5 Å². The Morgan fingerprint density at radius 1 is 1.00 bits per heavy atom. The fourth-order valence-corrected chi connectivity index (χ4v) is 2.59. The third-order valence-corrected chi connectivity index (χ3v) is 3.93. The van der Waals surface area contributed by atoms with Crippen LogP contribution in [0.4, 0.5) is 0 Å². The van der Waals surface area contributed by atoms with Crippen LogP contribution in [-0.4, -0.2) is 22.6 Å². The van der Waals surface area contributed by atoms with Gasteiger partial charge in [-0.3, -0.25) is 14.4 Å². The molecular formula is C19H18O4. The van der Waals surface area contributed by atoms with Gasteiger partial charge in [0.15, 0.2) is 11.6 Å². The van der Waals surface area contributed by atoms with Crippen LogP contribution in [0, 0.1) is 6.92 Å². The summed E-state index contributed by atoms with van der Waals surface area (Å²) in [5, 5.41) is 8.77. The second-order valence-electron chi connectivity index (χ2n) is 5.47. The molecule has 0 saturated heterocycles. The first-order chi connectivity index (χ1) is 10.9. The fraction of sp³-hybridized carbons (Fsp3) is 0.211. The van der Waals surface area contributed by atoms with Crippen molar-refractivity contribution in [2.24, 2.45) is 0 Å². The van der Waals surface area contributed by atoms with Crippen molar-refractivity contribution in [1.82, 2.24) is 0 Å². The molecule has 118 valence electrons. The zero-order chi connectivity index (χ0) is 17.0. The molecule has 4 nitrogen and oxygen atoms in total. The van der Waals surface area contributed by atoms with E-state index in [2.05, 4.69) is 0 Å². The summed E-state index contributed by atoms with van der Waals surface area (Å²) < 4.78 is 0. The van der Waals surface area contributed by atoms with Crippen LogP contribution in [0.1, 0.15) is 46.3 Å². The van der Waals surface area contributed by atoms with Crippen LogP contribution < -0.4 is 0 Å². The van der Waals surface area contributed by atoms with Crippen molar-refractivity contribution in [2.45, 2.75) is 26.2 Å². The molecule has 23 heavy (non-hydrogen) atoms. The number of carboxylic acids is 1. The maximum absolute atomic E-state index is 12.6. The van der Waals surface area contributed by atoms with E-state index in [0.29, 0.717) is 22.3 Å². The highest BCUT2D eigenvalue weighted by atomic mass is 16.4. The van der Waals surface area contributed by atoms with E-state index in [1.165, 1.54) is 0 Å². The predicted octanol–water partition coefficient (Wildman–Crippen LogP) is 3.37. The topological polar surface area (TPSA) is 71.4 Å². The summed E-state index contributed by atoms with van der Waals surface area (Å²) in [5.41, 5.74) is 2.52.